The molecule has 1 aromatic rings. The van der Waals surface area contributed by atoms with Crippen molar-refractivity contribution >= 4 is 17.3 Å². The summed E-state index contributed by atoms with van der Waals surface area (Å²) in [5.41, 5.74) is 1.78. The molecule has 0 amide bonds. The predicted molar refractivity (Wildman–Crippen MR) is 68.7 cm³/mol. The molecule has 0 unspecified atom stereocenters. The molecule has 0 aliphatic rings. The van der Waals surface area contributed by atoms with Crippen LogP contribution in [0.2, 0.25) is 5.02 Å². The molecule has 0 fully saturated rings. The lowest BCUT2D eigenvalue weighted by molar-refractivity contribution is 0.390. The van der Waals surface area contributed by atoms with E-state index in [-0.39, 0.29) is 0 Å². The Hall–Kier alpha value is -1.20. The molecular weight excluding hydrogens is 220 g/mol. The van der Waals surface area contributed by atoms with Crippen LogP contribution in [-0.4, -0.2) is 6.54 Å². The molecule has 0 spiro atoms. The normalized spacial score (nSPS) is 10.9. The summed E-state index contributed by atoms with van der Waals surface area (Å²) in [7, 11) is 0. The first-order valence-corrected chi connectivity index (χ1v) is 5.74. The molecule has 0 saturated carbocycles. The van der Waals surface area contributed by atoms with Crippen molar-refractivity contribution in [3.63, 3.8) is 0 Å². The number of hydrogen-bond acceptors (Lipinski definition) is 2. The second kappa shape index (κ2) is 5.23. The zero-order valence-electron chi connectivity index (χ0n) is 9.97. The minimum absolute atomic E-state index is 0.317. The molecule has 0 aromatic heterocycles. The fourth-order valence-electron chi connectivity index (χ4n) is 1.30. The summed E-state index contributed by atoms with van der Waals surface area (Å²) in [6.45, 7) is 7.52. The van der Waals surface area contributed by atoms with Crippen molar-refractivity contribution in [3.05, 3.63) is 28.8 Å². The highest BCUT2D eigenvalue weighted by Gasteiger charge is 2.09. The first-order valence-electron chi connectivity index (χ1n) is 5.36. The first-order chi connectivity index (χ1) is 7.42. The third-order valence-electron chi connectivity index (χ3n) is 2.29. The van der Waals surface area contributed by atoms with E-state index < -0.39 is 0 Å². The second-order valence-corrected chi connectivity index (χ2v) is 5.45. The molecule has 0 bridgehead atoms. The highest BCUT2D eigenvalue weighted by atomic mass is 35.5. The van der Waals surface area contributed by atoms with Crippen LogP contribution >= 0.6 is 11.6 Å². The zero-order chi connectivity index (χ0) is 12.2. The lowest BCUT2D eigenvalue weighted by Crippen LogP contribution is -2.12. The topological polar surface area (TPSA) is 35.8 Å². The van der Waals surface area contributed by atoms with Gasteiger partial charge in [-0.25, -0.2) is 0 Å². The molecule has 1 aromatic carbocycles. The van der Waals surface area contributed by atoms with Crippen LogP contribution in [0.1, 0.15) is 32.8 Å². The molecule has 0 atom stereocenters. The van der Waals surface area contributed by atoms with Gasteiger partial charge in [0.2, 0.25) is 0 Å². The van der Waals surface area contributed by atoms with Gasteiger partial charge in [0.05, 0.1) is 10.6 Å². The van der Waals surface area contributed by atoms with E-state index in [9.17, 15) is 0 Å². The van der Waals surface area contributed by atoms with Crippen LogP contribution in [0, 0.1) is 16.7 Å². The first kappa shape index (κ1) is 12.9. The van der Waals surface area contributed by atoms with Crippen LogP contribution in [-0.2, 0) is 0 Å². The van der Waals surface area contributed by atoms with E-state index in [0.29, 0.717) is 16.0 Å². The van der Waals surface area contributed by atoms with Crippen LogP contribution in [0.25, 0.3) is 0 Å². The Morgan fingerprint density at radius 2 is 2.06 bits per heavy atom. The van der Waals surface area contributed by atoms with E-state index in [2.05, 4.69) is 32.2 Å². The van der Waals surface area contributed by atoms with Crippen molar-refractivity contribution in [2.24, 2.45) is 5.41 Å². The average Bonchev–Trinajstić information content (AvgIpc) is 2.18. The standard InChI is InChI=1S/C13H17ClN2/c1-13(2,3)6-7-16-11-4-5-12(14)10(8-11)9-15/h4-5,8,16H,6-7H2,1-3H3. The van der Waals surface area contributed by atoms with Crippen LogP contribution in [0.4, 0.5) is 5.69 Å². The summed E-state index contributed by atoms with van der Waals surface area (Å²) in [6.07, 6.45) is 1.08. The Kier molecular flexibility index (Phi) is 4.20. The van der Waals surface area contributed by atoms with Crippen molar-refractivity contribution in [1.29, 1.82) is 5.26 Å². The van der Waals surface area contributed by atoms with E-state index >= 15 is 0 Å². The summed E-state index contributed by atoms with van der Waals surface area (Å²) in [5, 5.41) is 12.6. The maximum Gasteiger partial charge on any atom is 0.101 e. The molecule has 1 rings (SSSR count). The lowest BCUT2D eigenvalue weighted by atomic mass is 9.92. The minimum atomic E-state index is 0.317. The molecule has 2 nitrogen and oxygen atoms in total. The molecule has 0 aliphatic carbocycles. The van der Waals surface area contributed by atoms with Gasteiger partial charge in [-0.1, -0.05) is 32.4 Å². The minimum Gasteiger partial charge on any atom is -0.385 e. The number of nitrogens with zero attached hydrogens (tertiary/aromatic N) is 1. The van der Waals surface area contributed by atoms with Crippen LogP contribution < -0.4 is 5.32 Å². The van der Waals surface area contributed by atoms with E-state index in [0.717, 1.165) is 18.7 Å². The largest absolute Gasteiger partial charge is 0.385 e. The third-order valence-corrected chi connectivity index (χ3v) is 2.62. The summed E-state index contributed by atoms with van der Waals surface area (Å²) in [6, 6.07) is 7.50. The van der Waals surface area contributed by atoms with Gasteiger partial charge in [-0.15, -0.1) is 0 Å². The Bertz CT molecular complexity index is 399. The van der Waals surface area contributed by atoms with Gasteiger partial charge in [0.25, 0.3) is 0 Å². The number of rotatable bonds is 3. The zero-order valence-corrected chi connectivity index (χ0v) is 10.7. The highest BCUT2D eigenvalue weighted by Crippen LogP contribution is 2.21. The Labute approximate surface area is 102 Å². The van der Waals surface area contributed by atoms with E-state index in [1.165, 1.54) is 0 Å². The quantitative estimate of drug-likeness (QED) is 0.859. The van der Waals surface area contributed by atoms with Gasteiger partial charge in [-0.3, -0.25) is 0 Å². The Morgan fingerprint density at radius 1 is 1.38 bits per heavy atom. The maximum atomic E-state index is 8.84. The van der Waals surface area contributed by atoms with Crippen LogP contribution in [0.5, 0.6) is 0 Å². The molecule has 0 saturated heterocycles. The Morgan fingerprint density at radius 3 is 2.62 bits per heavy atom. The smallest absolute Gasteiger partial charge is 0.101 e. The van der Waals surface area contributed by atoms with Gasteiger partial charge in [0.15, 0.2) is 0 Å². The van der Waals surface area contributed by atoms with Crippen LogP contribution in [0.15, 0.2) is 18.2 Å². The van der Waals surface area contributed by atoms with Crippen molar-refractivity contribution in [1.82, 2.24) is 0 Å². The molecule has 16 heavy (non-hydrogen) atoms. The number of nitrogens with one attached hydrogen (secondary N) is 1. The molecule has 0 heterocycles. The van der Waals surface area contributed by atoms with E-state index in [1.807, 2.05) is 6.07 Å². The van der Waals surface area contributed by atoms with E-state index in [4.69, 9.17) is 16.9 Å². The average molecular weight is 237 g/mol. The van der Waals surface area contributed by atoms with Gasteiger partial charge in [0, 0.05) is 12.2 Å². The van der Waals surface area contributed by atoms with Crippen molar-refractivity contribution in [2.75, 3.05) is 11.9 Å². The molecule has 0 aliphatic heterocycles. The second-order valence-electron chi connectivity index (χ2n) is 5.04. The van der Waals surface area contributed by atoms with Gasteiger partial charge >= 0.3 is 0 Å². The number of hydrogen-bond donors (Lipinski definition) is 1. The van der Waals surface area contributed by atoms with Gasteiger partial charge in [0.1, 0.15) is 6.07 Å². The van der Waals surface area contributed by atoms with Gasteiger partial charge in [-0.05, 0) is 30.0 Å². The van der Waals surface area contributed by atoms with Crippen molar-refractivity contribution in [3.8, 4) is 6.07 Å². The highest BCUT2D eigenvalue weighted by molar-refractivity contribution is 6.31. The SMILES string of the molecule is CC(C)(C)CCNc1ccc(Cl)c(C#N)c1. The molecule has 1 N–H and O–H groups in total. The maximum absolute atomic E-state index is 8.84. The number of nitriles is 1. The van der Waals surface area contributed by atoms with Crippen molar-refractivity contribution in [2.45, 2.75) is 27.2 Å². The number of anilines is 1. The molecule has 3 heteroatoms. The number of halogens is 1. The van der Waals surface area contributed by atoms with Crippen LogP contribution in [0.3, 0.4) is 0 Å². The van der Waals surface area contributed by atoms with E-state index in [1.54, 1.807) is 12.1 Å². The van der Waals surface area contributed by atoms with Gasteiger partial charge < -0.3 is 5.32 Å². The predicted octanol–water partition coefficient (Wildman–Crippen LogP) is 4.06. The van der Waals surface area contributed by atoms with Gasteiger partial charge in [-0.2, -0.15) is 5.26 Å². The monoisotopic (exact) mass is 236 g/mol. The fourth-order valence-corrected chi connectivity index (χ4v) is 1.46. The summed E-state index contributed by atoms with van der Waals surface area (Å²) >= 11 is 5.85. The fraction of sp³-hybridized carbons (Fsp3) is 0.462. The lowest BCUT2D eigenvalue weighted by Gasteiger charge is -2.18. The molecular formula is C13H17ClN2. The van der Waals surface area contributed by atoms with Crippen molar-refractivity contribution < 1.29 is 0 Å². The summed E-state index contributed by atoms with van der Waals surface area (Å²) in [5.74, 6) is 0. The Balaban J connectivity index is 2.59. The summed E-state index contributed by atoms with van der Waals surface area (Å²) in [4.78, 5) is 0. The summed E-state index contributed by atoms with van der Waals surface area (Å²) < 4.78 is 0. The molecule has 86 valence electrons. The molecule has 0 radical (unpaired) electrons. The third kappa shape index (κ3) is 4.12. The number of benzene rings is 1.